The quantitative estimate of drug-likeness (QED) is 0.0838. The Hall–Kier alpha value is -3.46. The Morgan fingerprint density at radius 3 is 1.25 bits per heavy atom. The number of rotatable bonds is 14. The average molecular weight is 915 g/mol. The number of benzene rings is 2. The van der Waals surface area contributed by atoms with Gasteiger partial charge < -0.3 is 109 Å². The monoisotopic (exact) mass is 914 g/mol. The molecule has 14 N–H and O–H groups in total. The van der Waals surface area contributed by atoms with Crippen LogP contribution in [0.3, 0.4) is 0 Å². The van der Waals surface area contributed by atoms with E-state index in [1.807, 2.05) is 12.1 Å². The molecule has 24 heteroatoms. The molecule has 2 aromatic carbocycles. The zero-order chi connectivity index (χ0) is 46.8. The molecule has 0 aliphatic carbocycles. The van der Waals surface area contributed by atoms with Crippen molar-refractivity contribution < 1.29 is 109 Å². The van der Waals surface area contributed by atoms with Gasteiger partial charge in [-0.1, -0.05) is 60.7 Å². The summed E-state index contributed by atoms with van der Waals surface area (Å²) in [7, 11) is 0. The lowest BCUT2D eigenvalue weighted by Gasteiger charge is -2.46. The summed E-state index contributed by atoms with van der Waals surface area (Å²) < 4.78 is 43.6. The Labute approximate surface area is 365 Å². The SMILES string of the molecule is N#C[C@@H](OC1OC(COC2OC(CO)C(O)C(O)C2O)C(O)C(O)C1O)c1ccccc1.N#C[C@@H](O[C@@H]1O[C@H](CO)[C@@H](O)[C@H](O)[C@H]1O[C@@H]1O[C@H](CO)[C@@H](O)[C@H](O)[C@H]1O)c1ccccc1. The molecule has 0 amide bonds. The fourth-order valence-electron chi connectivity index (χ4n) is 7.10. The third kappa shape index (κ3) is 11.9. The predicted molar refractivity (Wildman–Crippen MR) is 205 cm³/mol. The van der Waals surface area contributed by atoms with Crippen LogP contribution in [0.15, 0.2) is 60.7 Å². The van der Waals surface area contributed by atoms with E-state index in [9.17, 15) is 82.0 Å². The zero-order valence-electron chi connectivity index (χ0n) is 33.7. The summed E-state index contributed by atoms with van der Waals surface area (Å²) in [6.07, 6.45) is -33.4. The number of aliphatic hydroxyl groups is 14. The zero-order valence-corrected chi connectivity index (χ0v) is 33.7. The first-order valence-corrected chi connectivity index (χ1v) is 20.0. The topological polar surface area (TPSA) is 405 Å². The van der Waals surface area contributed by atoms with Crippen molar-refractivity contribution in [3.8, 4) is 12.1 Å². The van der Waals surface area contributed by atoms with Gasteiger partial charge in [-0.3, -0.25) is 0 Å². The number of aliphatic hydroxyl groups excluding tert-OH is 14. The first-order chi connectivity index (χ1) is 30.6. The smallest absolute Gasteiger partial charge is 0.189 e. The van der Waals surface area contributed by atoms with Gasteiger partial charge in [-0.25, -0.2) is 0 Å². The molecular weight excluding hydrogens is 860 g/mol. The van der Waals surface area contributed by atoms with Crippen LogP contribution in [0, 0.1) is 22.7 Å². The fraction of sp³-hybridized carbons (Fsp3) is 0.650. The molecule has 356 valence electrons. The van der Waals surface area contributed by atoms with Gasteiger partial charge in [-0.05, 0) is 11.1 Å². The third-order valence-electron chi connectivity index (χ3n) is 10.9. The normalized spacial score (nSPS) is 41.1. The Kier molecular flexibility index (Phi) is 19.2. The minimum absolute atomic E-state index is 0.464. The van der Waals surface area contributed by atoms with Gasteiger partial charge in [0.15, 0.2) is 37.4 Å². The van der Waals surface area contributed by atoms with Crippen molar-refractivity contribution in [3.63, 3.8) is 0 Å². The molecule has 10 unspecified atom stereocenters. The minimum atomic E-state index is -1.78. The van der Waals surface area contributed by atoms with Gasteiger partial charge in [0.25, 0.3) is 0 Å². The molecule has 2 aromatic rings. The summed E-state index contributed by atoms with van der Waals surface area (Å²) in [5, 5.41) is 158. The van der Waals surface area contributed by atoms with Gasteiger partial charge >= 0.3 is 0 Å². The molecule has 0 saturated carbocycles. The summed E-state index contributed by atoms with van der Waals surface area (Å²) in [5.41, 5.74) is 0.951. The number of hydrogen-bond donors (Lipinski definition) is 14. The third-order valence-corrected chi connectivity index (χ3v) is 10.9. The molecule has 24 nitrogen and oxygen atoms in total. The number of ether oxygens (including phenoxy) is 8. The molecule has 4 heterocycles. The van der Waals surface area contributed by atoms with Gasteiger partial charge in [0.05, 0.1) is 38.6 Å². The van der Waals surface area contributed by atoms with Crippen LogP contribution in [-0.2, 0) is 37.9 Å². The maximum atomic E-state index is 10.6. The van der Waals surface area contributed by atoms with Gasteiger partial charge in [-0.15, -0.1) is 0 Å². The van der Waals surface area contributed by atoms with E-state index in [1.54, 1.807) is 60.7 Å². The molecule has 4 aliphatic heterocycles. The molecule has 0 radical (unpaired) electrons. The maximum Gasteiger partial charge on any atom is 0.189 e. The Morgan fingerprint density at radius 2 is 0.797 bits per heavy atom. The average Bonchev–Trinajstić information content (AvgIpc) is 3.32. The van der Waals surface area contributed by atoms with Gasteiger partial charge in [0.1, 0.15) is 97.7 Å². The molecule has 0 spiro atoms. The van der Waals surface area contributed by atoms with E-state index in [1.165, 1.54) is 0 Å². The second-order valence-electron chi connectivity index (χ2n) is 15.2. The highest BCUT2D eigenvalue weighted by Crippen LogP contribution is 2.33. The molecule has 0 aromatic heterocycles. The summed E-state index contributed by atoms with van der Waals surface area (Å²) in [6, 6.07) is 20.6. The Bertz CT molecular complexity index is 1770. The van der Waals surface area contributed by atoms with Crippen LogP contribution in [0.4, 0.5) is 0 Å². The molecular formula is C40H54N2O22. The highest BCUT2D eigenvalue weighted by molar-refractivity contribution is 5.23. The van der Waals surface area contributed by atoms with Crippen molar-refractivity contribution >= 4 is 0 Å². The second-order valence-corrected chi connectivity index (χ2v) is 15.2. The minimum Gasteiger partial charge on any atom is -0.394 e. The standard InChI is InChI=1S/2C20H27NO11/c21-6-10(9-4-2-1-3-5-9)30-20-18(28)16(26)14(24)12(32-20)8-29-19-17(27)15(25)13(23)11(7-22)31-19;21-6-10(9-4-2-1-3-5-9)29-20-18(16(27)14(25)12(8-23)31-20)32-19-17(28)15(26)13(24)11(7-22)30-19/h2*1-5,10-20,22-28H,7-8H2/t10-,11?,12?,13?,14?,15?,16?,17?,18?,19?,20?;10-,11-,12-,13-,14-,15+,16+,17-,18-,19+,20-/m11/s1. The molecule has 4 fully saturated rings. The molecule has 22 atom stereocenters. The van der Waals surface area contributed by atoms with Crippen LogP contribution in [0.5, 0.6) is 0 Å². The lowest BCUT2D eigenvalue weighted by molar-refractivity contribution is -0.370. The first-order valence-electron chi connectivity index (χ1n) is 20.0. The highest BCUT2D eigenvalue weighted by atomic mass is 16.8. The van der Waals surface area contributed by atoms with Crippen molar-refractivity contribution in [2.75, 3.05) is 26.4 Å². The van der Waals surface area contributed by atoms with E-state index in [2.05, 4.69) is 0 Å². The van der Waals surface area contributed by atoms with E-state index in [4.69, 9.17) is 37.9 Å². The maximum absolute atomic E-state index is 10.6. The lowest BCUT2D eigenvalue weighted by Crippen LogP contribution is -2.64. The van der Waals surface area contributed by atoms with E-state index >= 15 is 0 Å². The van der Waals surface area contributed by atoms with E-state index in [-0.39, 0.29) is 0 Å². The summed E-state index contributed by atoms with van der Waals surface area (Å²) in [4.78, 5) is 0. The number of hydrogen-bond acceptors (Lipinski definition) is 24. The molecule has 4 aliphatic rings. The first kappa shape index (κ1) is 51.5. The van der Waals surface area contributed by atoms with Crippen molar-refractivity contribution in [3.05, 3.63) is 71.8 Å². The predicted octanol–water partition coefficient (Wildman–Crippen LogP) is -6.22. The lowest BCUT2D eigenvalue weighted by atomic mass is 9.97. The van der Waals surface area contributed by atoms with Crippen LogP contribution in [0.25, 0.3) is 0 Å². The molecule has 6 rings (SSSR count). The number of nitrogens with zero attached hydrogens (tertiary/aromatic N) is 2. The molecule has 4 saturated heterocycles. The van der Waals surface area contributed by atoms with Gasteiger partial charge in [-0.2, -0.15) is 10.5 Å². The van der Waals surface area contributed by atoms with Crippen LogP contribution >= 0.6 is 0 Å². The van der Waals surface area contributed by atoms with Gasteiger partial charge in [0, 0.05) is 0 Å². The largest absolute Gasteiger partial charge is 0.394 e. The van der Waals surface area contributed by atoms with E-state index in [0.29, 0.717) is 11.1 Å². The van der Waals surface area contributed by atoms with Crippen LogP contribution in [-0.4, -0.2) is 221 Å². The van der Waals surface area contributed by atoms with Crippen molar-refractivity contribution in [1.29, 1.82) is 10.5 Å². The molecule has 64 heavy (non-hydrogen) atoms. The summed E-state index contributed by atoms with van der Waals surface area (Å²) >= 11 is 0. The highest BCUT2D eigenvalue weighted by Gasteiger charge is 2.52. The van der Waals surface area contributed by atoms with Gasteiger partial charge in [0.2, 0.25) is 0 Å². The van der Waals surface area contributed by atoms with E-state index < -0.39 is 161 Å². The van der Waals surface area contributed by atoms with E-state index in [0.717, 1.165) is 0 Å². The summed E-state index contributed by atoms with van der Waals surface area (Å²) in [6.45, 7) is -2.51. The number of nitriles is 2. The van der Waals surface area contributed by atoms with Crippen molar-refractivity contribution in [2.45, 2.75) is 135 Å². The van der Waals surface area contributed by atoms with Crippen LogP contribution in [0.1, 0.15) is 23.3 Å². The van der Waals surface area contributed by atoms with Crippen LogP contribution < -0.4 is 0 Å². The fourth-order valence-corrected chi connectivity index (χ4v) is 7.10. The van der Waals surface area contributed by atoms with Crippen molar-refractivity contribution in [2.24, 2.45) is 0 Å². The Morgan fingerprint density at radius 1 is 0.438 bits per heavy atom. The second kappa shape index (κ2) is 23.8. The van der Waals surface area contributed by atoms with Crippen LogP contribution in [0.2, 0.25) is 0 Å². The molecule has 0 bridgehead atoms. The van der Waals surface area contributed by atoms with Crippen molar-refractivity contribution in [1.82, 2.24) is 0 Å². The summed E-state index contributed by atoms with van der Waals surface area (Å²) in [5.74, 6) is 0. The Balaban J connectivity index is 0.000000241.